The summed E-state index contributed by atoms with van der Waals surface area (Å²) in [6.07, 6.45) is 0. The number of anilines is 1. The van der Waals surface area contributed by atoms with Gasteiger partial charge in [-0.05, 0) is 12.1 Å². The van der Waals surface area contributed by atoms with Gasteiger partial charge < -0.3 is 10.4 Å². The number of carboxylic acids is 1. The minimum absolute atomic E-state index is 0.0469. The van der Waals surface area contributed by atoms with Crippen molar-refractivity contribution in [3.63, 3.8) is 0 Å². The normalized spacial score (nSPS) is 10.2. The zero-order chi connectivity index (χ0) is 14.0. The van der Waals surface area contributed by atoms with Gasteiger partial charge in [-0.3, -0.25) is 4.79 Å². The molecule has 19 heavy (non-hydrogen) atoms. The second-order valence-electron chi connectivity index (χ2n) is 3.69. The Kier molecular flexibility index (Phi) is 3.57. The van der Waals surface area contributed by atoms with Crippen molar-refractivity contribution in [2.24, 2.45) is 0 Å². The molecule has 2 aromatic rings. The van der Waals surface area contributed by atoms with Crippen molar-refractivity contribution in [3.8, 4) is 11.3 Å². The van der Waals surface area contributed by atoms with Gasteiger partial charge in [0.1, 0.15) is 10.7 Å². The molecule has 0 saturated carbocycles. The Hall–Kier alpha value is -2.28. The molecule has 1 amide bonds. The number of hydrogen-bond donors (Lipinski definition) is 2. The number of carbonyl (C=O) groups is 2. The van der Waals surface area contributed by atoms with Gasteiger partial charge in [0.05, 0.1) is 5.69 Å². The first-order chi connectivity index (χ1) is 8.97. The van der Waals surface area contributed by atoms with E-state index in [0.29, 0.717) is 5.56 Å². The summed E-state index contributed by atoms with van der Waals surface area (Å²) in [5.41, 5.74) is 0.492. The highest BCUT2D eigenvalue weighted by Crippen LogP contribution is 2.31. The number of halogens is 1. The number of benzene rings is 1. The fourth-order valence-corrected chi connectivity index (χ4v) is 2.37. The van der Waals surface area contributed by atoms with Gasteiger partial charge in [-0.25, -0.2) is 14.2 Å². The second-order valence-corrected chi connectivity index (χ2v) is 4.69. The van der Waals surface area contributed by atoms with Crippen LogP contribution >= 0.6 is 11.3 Å². The van der Waals surface area contributed by atoms with E-state index in [0.717, 1.165) is 11.3 Å². The number of thiazole rings is 1. The fourth-order valence-electron chi connectivity index (χ4n) is 1.50. The average Bonchev–Trinajstić information content (AvgIpc) is 2.72. The van der Waals surface area contributed by atoms with Gasteiger partial charge in [-0.2, -0.15) is 0 Å². The third-order valence-electron chi connectivity index (χ3n) is 2.20. The van der Waals surface area contributed by atoms with E-state index in [9.17, 15) is 14.0 Å². The predicted octanol–water partition coefficient (Wildman–Crippen LogP) is 2.61. The topological polar surface area (TPSA) is 79.3 Å². The molecule has 1 aromatic heterocycles. The molecule has 0 bridgehead atoms. The third kappa shape index (κ3) is 2.94. The first-order valence-corrected chi connectivity index (χ1v) is 6.06. The Labute approximate surface area is 111 Å². The Morgan fingerprint density at radius 2 is 2.16 bits per heavy atom. The molecular formula is C12H9FN2O3S. The standard InChI is InChI=1S/C12H9FN2O3S/c1-6(16)14-12-15-9(10(19-12)11(17)18)7-3-2-4-8(13)5-7/h2-5H,1H3,(H,17,18)(H,14,15,16). The Bertz CT molecular complexity index is 654. The summed E-state index contributed by atoms with van der Waals surface area (Å²) >= 11 is 0.832. The lowest BCUT2D eigenvalue weighted by molar-refractivity contribution is -0.114. The molecule has 0 fully saturated rings. The van der Waals surface area contributed by atoms with Crippen molar-refractivity contribution in [2.75, 3.05) is 5.32 Å². The summed E-state index contributed by atoms with van der Waals surface area (Å²) in [7, 11) is 0. The Morgan fingerprint density at radius 3 is 2.74 bits per heavy atom. The van der Waals surface area contributed by atoms with Crippen molar-refractivity contribution in [3.05, 3.63) is 35.0 Å². The van der Waals surface area contributed by atoms with Crippen LogP contribution in [0.1, 0.15) is 16.6 Å². The van der Waals surface area contributed by atoms with Crippen LogP contribution in [0.25, 0.3) is 11.3 Å². The summed E-state index contributed by atoms with van der Waals surface area (Å²) in [5, 5.41) is 11.7. The highest BCUT2D eigenvalue weighted by Gasteiger charge is 2.19. The monoisotopic (exact) mass is 280 g/mol. The summed E-state index contributed by atoms with van der Waals surface area (Å²) in [6.45, 7) is 1.30. The lowest BCUT2D eigenvalue weighted by Crippen LogP contribution is -2.04. The van der Waals surface area contributed by atoms with Gasteiger partial charge in [0.25, 0.3) is 0 Å². The molecule has 0 unspecified atom stereocenters. The fraction of sp³-hybridized carbons (Fsp3) is 0.0833. The highest BCUT2D eigenvalue weighted by atomic mass is 32.1. The Morgan fingerprint density at radius 1 is 1.42 bits per heavy atom. The maximum atomic E-state index is 13.2. The molecule has 0 spiro atoms. The van der Waals surface area contributed by atoms with Crippen molar-refractivity contribution < 1.29 is 19.1 Å². The van der Waals surface area contributed by atoms with Gasteiger partial charge in [-0.1, -0.05) is 23.5 Å². The largest absolute Gasteiger partial charge is 0.477 e. The van der Waals surface area contributed by atoms with E-state index in [-0.39, 0.29) is 21.6 Å². The van der Waals surface area contributed by atoms with Crippen molar-refractivity contribution in [2.45, 2.75) is 6.92 Å². The number of hydrogen-bond acceptors (Lipinski definition) is 4. The van der Waals surface area contributed by atoms with E-state index < -0.39 is 11.8 Å². The number of carbonyl (C=O) groups excluding carboxylic acids is 1. The molecule has 0 aliphatic carbocycles. The summed E-state index contributed by atoms with van der Waals surface area (Å²) in [6, 6.07) is 5.47. The van der Waals surface area contributed by atoms with Gasteiger partial charge in [0.2, 0.25) is 5.91 Å². The van der Waals surface area contributed by atoms with Crippen molar-refractivity contribution in [1.29, 1.82) is 0 Å². The molecule has 0 saturated heterocycles. The molecule has 5 nitrogen and oxygen atoms in total. The van der Waals surface area contributed by atoms with Crippen LogP contribution in [0.15, 0.2) is 24.3 Å². The lowest BCUT2D eigenvalue weighted by atomic mass is 10.1. The quantitative estimate of drug-likeness (QED) is 0.905. The zero-order valence-corrected chi connectivity index (χ0v) is 10.6. The number of rotatable bonds is 3. The van der Waals surface area contributed by atoms with E-state index in [1.807, 2.05) is 0 Å². The Balaban J connectivity index is 2.51. The van der Waals surface area contributed by atoms with Crippen LogP contribution in [0, 0.1) is 5.82 Å². The minimum atomic E-state index is -1.17. The number of nitrogens with one attached hydrogen (secondary N) is 1. The average molecular weight is 280 g/mol. The lowest BCUT2D eigenvalue weighted by Gasteiger charge is -1.98. The van der Waals surface area contributed by atoms with Gasteiger partial charge in [0, 0.05) is 12.5 Å². The maximum absolute atomic E-state index is 13.2. The predicted molar refractivity (Wildman–Crippen MR) is 68.8 cm³/mol. The molecule has 7 heteroatoms. The van der Waals surface area contributed by atoms with E-state index in [1.165, 1.54) is 25.1 Å². The van der Waals surface area contributed by atoms with Crippen LogP contribution in [0.5, 0.6) is 0 Å². The number of amides is 1. The van der Waals surface area contributed by atoms with Crippen LogP contribution < -0.4 is 5.32 Å². The van der Waals surface area contributed by atoms with Crippen LogP contribution in [0.2, 0.25) is 0 Å². The van der Waals surface area contributed by atoms with Crippen molar-refractivity contribution >= 4 is 28.3 Å². The number of aromatic carboxylic acids is 1. The molecular weight excluding hydrogens is 271 g/mol. The first kappa shape index (κ1) is 13.2. The van der Waals surface area contributed by atoms with Crippen LogP contribution in [0.4, 0.5) is 9.52 Å². The van der Waals surface area contributed by atoms with Gasteiger partial charge in [0.15, 0.2) is 5.13 Å². The van der Waals surface area contributed by atoms with E-state index >= 15 is 0 Å². The molecule has 2 rings (SSSR count). The summed E-state index contributed by atoms with van der Waals surface area (Å²) < 4.78 is 13.2. The molecule has 1 aromatic carbocycles. The molecule has 1 heterocycles. The summed E-state index contributed by atoms with van der Waals surface area (Å²) in [5.74, 6) is -2.01. The molecule has 0 atom stereocenters. The van der Waals surface area contributed by atoms with Gasteiger partial charge >= 0.3 is 5.97 Å². The number of nitrogens with zero attached hydrogens (tertiary/aromatic N) is 1. The van der Waals surface area contributed by atoms with Crippen LogP contribution in [-0.4, -0.2) is 22.0 Å². The SMILES string of the molecule is CC(=O)Nc1nc(-c2cccc(F)c2)c(C(=O)O)s1. The van der Waals surface area contributed by atoms with Crippen molar-refractivity contribution in [1.82, 2.24) is 4.98 Å². The van der Waals surface area contributed by atoms with Crippen LogP contribution in [-0.2, 0) is 4.79 Å². The molecule has 2 N–H and O–H groups in total. The maximum Gasteiger partial charge on any atom is 0.348 e. The molecule has 0 aliphatic rings. The first-order valence-electron chi connectivity index (χ1n) is 5.25. The van der Waals surface area contributed by atoms with E-state index in [2.05, 4.69) is 10.3 Å². The summed E-state index contributed by atoms with van der Waals surface area (Å²) in [4.78, 5) is 26.1. The zero-order valence-electron chi connectivity index (χ0n) is 9.81. The minimum Gasteiger partial charge on any atom is -0.477 e. The van der Waals surface area contributed by atoms with Crippen LogP contribution in [0.3, 0.4) is 0 Å². The molecule has 98 valence electrons. The van der Waals surface area contributed by atoms with E-state index in [1.54, 1.807) is 6.07 Å². The second kappa shape index (κ2) is 5.15. The third-order valence-corrected chi connectivity index (χ3v) is 3.16. The molecule has 0 radical (unpaired) electrons. The highest BCUT2D eigenvalue weighted by molar-refractivity contribution is 7.18. The number of aromatic nitrogens is 1. The van der Waals surface area contributed by atoms with E-state index in [4.69, 9.17) is 5.11 Å². The molecule has 0 aliphatic heterocycles. The number of carboxylic acid groups (broad SMARTS) is 1. The van der Waals surface area contributed by atoms with Gasteiger partial charge in [-0.15, -0.1) is 0 Å². The smallest absolute Gasteiger partial charge is 0.348 e.